The molecule has 2 aliphatic heterocycles. The van der Waals surface area contributed by atoms with Crippen molar-refractivity contribution in [1.82, 2.24) is 4.90 Å². The van der Waals surface area contributed by atoms with Gasteiger partial charge in [-0.15, -0.1) is 0 Å². The standard InChI is InChI=1S/C24H27FN2O3/c1-30-21-10-4-17(5-11-21)2-3-18-12-14-26(15-13-18)22-16-23(28)27(24(22)29)20-8-6-19(25)7-9-20/h4-11,18,22H,2-3,12-16H2,1H3/t22-/m1/s1. The van der Waals surface area contributed by atoms with Gasteiger partial charge in [0.05, 0.1) is 25.3 Å². The lowest BCUT2D eigenvalue weighted by molar-refractivity contribution is -0.123. The molecule has 2 aliphatic rings. The van der Waals surface area contributed by atoms with E-state index in [1.54, 1.807) is 7.11 Å². The Balaban J connectivity index is 1.30. The molecular formula is C24H27FN2O3. The number of rotatable bonds is 6. The summed E-state index contributed by atoms with van der Waals surface area (Å²) in [6, 6.07) is 13.3. The van der Waals surface area contributed by atoms with Gasteiger partial charge in [0, 0.05) is 0 Å². The topological polar surface area (TPSA) is 49.9 Å². The SMILES string of the molecule is COc1ccc(CCC2CCN([C@@H]3CC(=O)N(c4ccc(F)cc4)C3=O)CC2)cc1. The average molecular weight is 410 g/mol. The van der Waals surface area contributed by atoms with Crippen molar-refractivity contribution in [2.75, 3.05) is 25.1 Å². The summed E-state index contributed by atoms with van der Waals surface area (Å²) >= 11 is 0. The minimum Gasteiger partial charge on any atom is -0.497 e. The Morgan fingerprint density at radius 3 is 2.30 bits per heavy atom. The van der Waals surface area contributed by atoms with Crippen molar-refractivity contribution in [1.29, 1.82) is 0 Å². The van der Waals surface area contributed by atoms with Gasteiger partial charge in [0.25, 0.3) is 5.91 Å². The summed E-state index contributed by atoms with van der Waals surface area (Å²) in [4.78, 5) is 28.7. The fourth-order valence-electron chi connectivity index (χ4n) is 4.48. The number of nitrogens with zero attached hydrogens (tertiary/aromatic N) is 2. The minimum atomic E-state index is -0.398. The van der Waals surface area contributed by atoms with Crippen LogP contribution in [0.4, 0.5) is 10.1 Å². The second-order valence-corrected chi connectivity index (χ2v) is 8.13. The van der Waals surface area contributed by atoms with Crippen LogP contribution in [-0.4, -0.2) is 43.0 Å². The number of ether oxygens (including phenoxy) is 1. The van der Waals surface area contributed by atoms with Crippen LogP contribution in [0.2, 0.25) is 0 Å². The van der Waals surface area contributed by atoms with Crippen LogP contribution < -0.4 is 9.64 Å². The van der Waals surface area contributed by atoms with Crippen molar-refractivity contribution in [3.63, 3.8) is 0 Å². The van der Waals surface area contributed by atoms with E-state index in [2.05, 4.69) is 17.0 Å². The highest BCUT2D eigenvalue weighted by Crippen LogP contribution is 2.30. The van der Waals surface area contributed by atoms with Crippen molar-refractivity contribution in [3.8, 4) is 5.75 Å². The molecule has 2 amide bonds. The van der Waals surface area contributed by atoms with E-state index in [4.69, 9.17) is 4.74 Å². The Bertz CT molecular complexity index is 890. The minimum absolute atomic E-state index is 0.191. The van der Waals surface area contributed by atoms with E-state index in [1.165, 1.54) is 34.7 Å². The van der Waals surface area contributed by atoms with E-state index in [-0.39, 0.29) is 24.1 Å². The van der Waals surface area contributed by atoms with Gasteiger partial charge in [-0.1, -0.05) is 12.1 Å². The fourth-order valence-corrected chi connectivity index (χ4v) is 4.48. The number of methoxy groups -OCH3 is 1. The van der Waals surface area contributed by atoms with Crippen LogP contribution in [0.25, 0.3) is 0 Å². The molecule has 2 saturated heterocycles. The number of amides is 2. The Kier molecular flexibility index (Phi) is 6.13. The van der Waals surface area contributed by atoms with Crippen LogP contribution in [0.3, 0.4) is 0 Å². The molecule has 0 aromatic heterocycles. The molecule has 2 heterocycles. The summed E-state index contributed by atoms with van der Waals surface area (Å²) in [5.41, 5.74) is 1.76. The lowest BCUT2D eigenvalue weighted by atomic mass is 9.90. The highest BCUT2D eigenvalue weighted by atomic mass is 19.1. The molecule has 6 heteroatoms. The first-order valence-electron chi connectivity index (χ1n) is 10.5. The molecular weight excluding hydrogens is 383 g/mol. The lowest BCUT2D eigenvalue weighted by Gasteiger charge is -2.34. The number of hydrogen-bond acceptors (Lipinski definition) is 4. The Morgan fingerprint density at radius 2 is 1.67 bits per heavy atom. The third-order valence-corrected chi connectivity index (χ3v) is 6.30. The summed E-state index contributed by atoms with van der Waals surface area (Å²) in [5, 5.41) is 0. The maximum atomic E-state index is 13.2. The van der Waals surface area contributed by atoms with Gasteiger partial charge in [-0.05, 0) is 86.7 Å². The van der Waals surface area contributed by atoms with Gasteiger partial charge in [0.15, 0.2) is 0 Å². The van der Waals surface area contributed by atoms with Gasteiger partial charge in [-0.25, -0.2) is 9.29 Å². The fraction of sp³-hybridized carbons (Fsp3) is 0.417. The van der Waals surface area contributed by atoms with Crippen molar-refractivity contribution in [2.24, 2.45) is 5.92 Å². The molecule has 0 aliphatic carbocycles. The quantitative estimate of drug-likeness (QED) is 0.680. The summed E-state index contributed by atoms with van der Waals surface area (Å²) in [5.74, 6) is 0.717. The molecule has 0 N–H and O–H groups in total. The van der Waals surface area contributed by atoms with Gasteiger partial charge in [-0.2, -0.15) is 0 Å². The number of likely N-dealkylation sites (tertiary alicyclic amines) is 1. The second-order valence-electron chi connectivity index (χ2n) is 8.13. The number of piperidine rings is 1. The van der Waals surface area contributed by atoms with Crippen molar-refractivity contribution in [2.45, 2.75) is 38.1 Å². The first kappa shape index (κ1) is 20.5. The molecule has 30 heavy (non-hydrogen) atoms. The zero-order valence-electron chi connectivity index (χ0n) is 17.2. The number of halogens is 1. The van der Waals surface area contributed by atoms with E-state index < -0.39 is 6.04 Å². The molecule has 0 bridgehead atoms. The number of aryl methyl sites for hydroxylation is 1. The van der Waals surface area contributed by atoms with Crippen LogP contribution >= 0.6 is 0 Å². The molecule has 0 saturated carbocycles. The van der Waals surface area contributed by atoms with Crippen LogP contribution in [0, 0.1) is 11.7 Å². The number of carbonyl (C=O) groups excluding carboxylic acids is 2. The molecule has 2 aromatic carbocycles. The molecule has 1 atom stereocenters. The van der Waals surface area contributed by atoms with Crippen molar-refractivity contribution < 1.29 is 18.7 Å². The van der Waals surface area contributed by atoms with Crippen LogP contribution in [0.15, 0.2) is 48.5 Å². The predicted molar refractivity (Wildman–Crippen MR) is 113 cm³/mol. The molecule has 0 spiro atoms. The van der Waals surface area contributed by atoms with Crippen LogP contribution in [0.5, 0.6) is 5.75 Å². The number of imide groups is 1. The highest BCUT2D eigenvalue weighted by Gasteiger charge is 2.43. The number of carbonyl (C=O) groups is 2. The second kappa shape index (κ2) is 8.96. The van der Waals surface area contributed by atoms with Crippen LogP contribution in [-0.2, 0) is 16.0 Å². The number of benzene rings is 2. The summed E-state index contributed by atoms with van der Waals surface area (Å²) in [7, 11) is 1.67. The number of anilines is 1. The zero-order valence-corrected chi connectivity index (χ0v) is 17.2. The third-order valence-electron chi connectivity index (χ3n) is 6.30. The van der Waals surface area contributed by atoms with E-state index in [0.717, 1.165) is 44.5 Å². The van der Waals surface area contributed by atoms with E-state index in [0.29, 0.717) is 11.6 Å². The van der Waals surface area contributed by atoms with E-state index >= 15 is 0 Å². The predicted octanol–water partition coefficient (Wildman–Crippen LogP) is 3.81. The maximum Gasteiger partial charge on any atom is 0.251 e. The zero-order chi connectivity index (χ0) is 21.1. The molecule has 4 rings (SSSR count). The Labute approximate surface area is 176 Å². The van der Waals surface area contributed by atoms with Gasteiger partial charge in [-0.3, -0.25) is 14.5 Å². The summed E-state index contributed by atoms with van der Waals surface area (Å²) in [6.45, 7) is 1.66. The van der Waals surface area contributed by atoms with Gasteiger partial charge >= 0.3 is 0 Å². The van der Waals surface area contributed by atoms with E-state index in [1.807, 2.05) is 12.1 Å². The Hall–Kier alpha value is -2.73. The molecule has 2 fully saturated rings. The summed E-state index contributed by atoms with van der Waals surface area (Å²) < 4.78 is 18.4. The van der Waals surface area contributed by atoms with Crippen molar-refractivity contribution >= 4 is 17.5 Å². The molecule has 0 radical (unpaired) electrons. The van der Waals surface area contributed by atoms with Crippen LogP contribution in [0.1, 0.15) is 31.2 Å². The number of hydrogen-bond donors (Lipinski definition) is 0. The first-order chi connectivity index (χ1) is 14.5. The van der Waals surface area contributed by atoms with Crippen molar-refractivity contribution in [3.05, 3.63) is 59.9 Å². The maximum absolute atomic E-state index is 13.2. The lowest BCUT2D eigenvalue weighted by Crippen LogP contribution is -2.46. The van der Waals surface area contributed by atoms with Gasteiger partial charge < -0.3 is 4.74 Å². The highest BCUT2D eigenvalue weighted by molar-refractivity contribution is 6.22. The third kappa shape index (κ3) is 4.38. The molecule has 158 valence electrons. The normalized spacial score (nSPS) is 20.7. The first-order valence-corrected chi connectivity index (χ1v) is 10.5. The van der Waals surface area contributed by atoms with E-state index in [9.17, 15) is 14.0 Å². The Morgan fingerprint density at radius 1 is 1.00 bits per heavy atom. The van der Waals surface area contributed by atoms with Gasteiger partial charge in [0.2, 0.25) is 5.91 Å². The smallest absolute Gasteiger partial charge is 0.251 e. The average Bonchev–Trinajstić information content (AvgIpc) is 3.07. The molecule has 5 nitrogen and oxygen atoms in total. The van der Waals surface area contributed by atoms with Gasteiger partial charge in [0.1, 0.15) is 11.6 Å². The molecule has 2 aromatic rings. The summed E-state index contributed by atoms with van der Waals surface area (Å²) in [6.07, 6.45) is 4.43. The monoisotopic (exact) mass is 410 g/mol. The molecule has 0 unspecified atom stereocenters. The largest absolute Gasteiger partial charge is 0.497 e.